The minimum absolute atomic E-state index is 0.0384. The largest absolute Gasteiger partial charge is 0.491 e. The van der Waals surface area contributed by atoms with E-state index in [9.17, 15) is 4.79 Å². The van der Waals surface area contributed by atoms with E-state index < -0.39 is 0 Å². The molecule has 0 aliphatic carbocycles. The smallest absolute Gasteiger partial charge is 0.282 e. The Hall–Kier alpha value is -3.19. The van der Waals surface area contributed by atoms with Crippen molar-refractivity contribution < 1.29 is 4.74 Å². The monoisotopic (exact) mass is 534 g/mol. The first-order valence-electron chi connectivity index (χ1n) is 11.9. The first-order valence-corrected chi connectivity index (χ1v) is 12.7. The summed E-state index contributed by atoms with van der Waals surface area (Å²) in [5.74, 6) is 1.53. The van der Waals surface area contributed by atoms with Gasteiger partial charge in [-0.1, -0.05) is 36.7 Å². The van der Waals surface area contributed by atoms with Gasteiger partial charge in [-0.05, 0) is 75.7 Å². The van der Waals surface area contributed by atoms with Crippen molar-refractivity contribution in [1.82, 2.24) is 14.2 Å². The van der Waals surface area contributed by atoms with Gasteiger partial charge in [-0.15, -0.1) is 0 Å². The fraction of sp³-hybridized carbons (Fsp3) is 0.321. The van der Waals surface area contributed by atoms with Gasteiger partial charge in [0.05, 0.1) is 23.2 Å². The van der Waals surface area contributed by atoms with Gasteiger partial charge in [0.15, 0.2) is 0 Å². The number of aromatic nitrogens is 3. The lowest BCUT2D eigenvalue weighted by atomic mass is 10.2. The van der Waals surface area contributed by atoms with Gasteiger partial charge in [-0.3, -0.25) is 4.79 Å². The highest BCUT2D eigenvalue weighted by molar-refractivity contribution is 9.10. The first kappa shape index (κ1) is 24.9. The molecule has 0 bridgehead atoms. The third-order valence-electron chi connectivity index (χ3n) is 6.14. The Balaban J connectivity index is 1.72. The lowest BCUT2D eigenvalue weighted by Crippen LogP contribution is -2.23. The van der Waals surface area contributed by atoms with Crippen molar-refractivity contribution in [2.45, 2.75) is 60.0 Å². The topological polar surface area (TPSA) is 61.4 Å². The Morgan fingerprint density at radius 3 is 2.46 bits per heavy atom. The van der Waals surface area contributed by atoms with Gasteiger partial charge >= 0.3 is 0 Å². The molecule has 0 aliphatic heterocycles. The van der Waals surface area contributed by atoms with E-state index in [1.165, 1.54) is 4.68 Å². The van der Waals surface area contributed by atoms with E-state index in [2.05, 4.69) is 71.5 Å². The third kappa shape index (κ3) is 5.10. The lowest BCUT2D eigenvalue weighted by molar-refractivity contribution is 0.217. The quantitative estimate of drug-likeness (QED) is 0.246. The number of hydrogen-bond donors (Lipinski definition) is 0. The summed E-state index contributed by atoms with van der Waals surface area (Å²) in [5.41, 5.74) is 4.61. The minimum Gasteiger partial charge on any atom is -0.491 e. The lowest BCUT2D eigenvalue weighted by Gasteiger charge is -2.14. The van der Waals surface area contributed by atoms with Gasteiger partial charge in [0.25, 0.3) is 5.56 Å². The summed E-state index contributed by atoms with van der Waals surface area (Å²) in [5, 5.41) is 5.14. The van der Waals surface area contributed by atoms with Gasteiger partial charge in [0.2, 0.25) is 0 Å². The van der Waals surface area contributed by atoms with Crippen molar-refractivity contribution in [3.63, 3.8) is 0 Å². The van der Waals surface area contributed by atoms with Crippen LogP contribution in [0.1, 0.15) is 62.8 Å². The highest BCUT2D eigenvalue weighted by Crippen LogP contribution is 2.23. The Bertz CT molecular complexity index is 1450. The van der Waals surface area contributed by atoms with E-state index in [1.54, 1.807) is 12.3 Å². The summed E-state index contributed by atoms with van der Waals surface area (Å²) in [4.78, 5) is 18.0. The van der Waals surface area contributed by atoms with Crippen LogP contribution in [0.2, 0.25) is 0 Å². The number of benzene rings is 2. The molecule has 2 aromatic heterocycles. The average Bonchev–Trinajstić information content (AvgIpc) is 3.11. The number of fused-ring (bicyclic) bond motifs is 1. The summed E-state index contributed by atoms with van der Waals surface area (Å²) in [7, 11) is 0. The van der Waals surface area contributed by atoms with Crippen LogP contribution in [0.5, 0.6) is 5.75 Å². The van der Waals surface area contributed by atoms with Crippen LogP contribution in [0.4, 0.5) is 0 Å². The molecule has 2 heterocycles. The second-order valence-corrected chi connectivity index (χ2v) is 10.1. The van der Waals surface area contributed by atoms with Crippen molar-refractivity contribution in [2.24, 2.45) is 5.10 Å². The molecule has 0 amide bonds. The van der Waals surface area contributed by atoms with Crippen LogP contribution in [0.15, 0.2) is 62.9 Å². The number of rotatable bonds is 7. The fourth-order valence-corrected chi connectivity index (χ4v) is 4.44. The molecule has 1 atom stereocenters. The van der Waals surface area contributed by atoms with Crippen LogP contribution in [0.25, 0.3) is 16.6 Å². The van der Waals surface area contributed by atoms with Crippen molar-refractivity contribution >= 4 is 33.0 Å². The van der Waals surface area contributed by atoms with Gasteiger partial charge in [0, 0.05) is 33.0 Å². The first-order chi connectivity index (χ1) is 16.7. The Kier molecular flexibility index (Phi) is 7.26. The van der Waals surface area contributed by atoms with Crippen LogP contribution in [0, 0.1) is 13.8 Å². The molecule has 0 fully saturated rings. The zero-order chi connectivity index (χ0) is 25.3. The second kappa shape index (κ2) is 10.2. The van der Waals surface area contributed by atoms with E-state index in [0.29, 0.717) is 16.7 Å². The van der Waals surface area contributed by atoms with Gasteiger partial charge in [-0.2, -0.15) is 9.78 Å². The van der Waals surface area contributed by atoms with Crippen LogP contribution in [-0.4, -0.2) is 26.5 Å². The van der Waals surface area contributed by atoms with E-state index in [0.717, 1.165) is 39.3 Å². The minimum atomic E-state index is -0.179. The molecule has 182 valence electrons. The summed E-state index contributed by atoms with van der Waals surface area (Å²) < 4.78 is 10.3. The second-order valence-electron chi connectivity index (χ2n) is 9.14. The van der Waals surface area contributed by atoms with Gasteiger partial charge < -0.3 is 9.30 Å². The molecule has 4 aromatic rings. The molecular formula is C28H31BrN4O2. The van der Waals surface area contributed by atoms with Gasteiger partial charge in [0.1, 0.15) is 11.6 Å². The SMILES string of the molecule is CC[C@H](C)Oc1ccc(-n2c(C)cc(C=Nn3c(C(C)C)nc4ccc(Br)cc4c3=O)c2C)cc1. The molecular weight excluding hydrogens is 504 g/mol. The average molecular weight is 535 g/mol. The predicted octanol–water partition coefficient (Wildman–Crippen LogP) is 6.75. The number of ether oxygens (including phenoxy) is 1. The molecule has 4 rings (SSSR count). The van der Waals surface area contributed by atoms with Crippen LogP contribution in [-0.2, 0) is 0 Å². The van der Waals surface area contributed by atoms with E-state index in [-0.39, 0.29) is 17.6 Å². The Morgan fingerprint density at radius 1 is 1.09 bits per heavy atom. The Labute approximate surface area is 214 Å². The maximum Gasteiger partial charge on any atom is 0.282 e. The van der Waals surface area contributed by atoms with E-state index in [4.69, 9.17) is 9.72 Å². The summed E-state index contributed by atoms with van der Waals surface area (Å²) in [6.45, 7) is 12.3. The van der Waals surface area contributed by atoms with Crippen molar-refractivity contribution in [3.05, 3.63) is 86.1 Å². The molecule has 0 unspecified atom stereocenters. The number of aryl methyl sites for hydroxylation is 1. The molecule has 0 saturated heterocycles. The summed E-state index contributed by atoms with van der Waals surface area (Å²) in [6.07, 6.45) is 2.90. The Morgan fingerprint density at radius 2 is 1.80 bits per heavy atom. The highest BCUT2D eigenvalue weighted by atomic mass is 79.9. The van der Waals surface area contributed by atoms with Crippen LogP contribution in [0.3, 0.4) is 0 Å². The van der Waals surface area contributed by atoms with Crippen molar-refractivity contribution in [1.29, 1.82) is 0 Å². The molecule has 0 saturated carbocycles. The normalized spacial score (nSPS) is 12.7. The number of hydrogen-bond acceptors (Lipinski definition) is 4. The molecule has 0 radical (unpaired) electrons. The summed E-state index contributed by atoms with van der Waals surface area (Å²) in [6, 6.07) is 15.7. The van der Waals surface area contributed by atoms with Crippen molar-refractivity contribution in [3.8, 4) is 11.4 Å². The molecule has 7 heteroatoms. The molecule has 6 nitrogen and oxygen atoms in total. The zero-order valence-corrected chi connectivity index (χ0v) is 22.6. The van der Waals surface area contributed by atoms with Gasteiger partial charge in [-0.25, -0.2) is 4.98 Å². The molecule has 35 heavy (non-hydrogen) atoms. The zero-order valence-electron chi connectivity index (χ0n) is 21.0. The molecule has 0 N–H and O–H groups in total. The van der Waals surface area contributed by atoms with E-state index >= 15 is 0 Å². The third-order valence-corrected chi connectivity index (χ3v) is 6.63. The predicted molar refractivity (Wildman–Crippen MR) is 146 cm³/mol. The number of halogens is 1. The standard InChI is InChI=1S/C28H31BrN4O2/c1-7-19(5)35-24-11-9-23(10-12-24)32-18(4)14-21(20(32)6)16-30-33-27(17(2)3)31-26-13-8-22(29)15-25(26)28(33)34/h8-17,19H,7H2,1-6H3/t19-/m0/s1. The fourth-order valence-electron chi connectivity index (χ4n) is 4.08. The molecule has 2 aromatic carbocycles. The maximum atomic E-state index is 13.3. The summed E-state index contributed by atoms with van der Waals surface area (Å²) >= 11 is 3.45. The number of nitrogens with zero attached hydrogens (tertiary/aromatic N) is 4. The maximum absolute atomic E-state index is 13.3. The van der Waals surface area contributed by atoms with E-state index in [1.807, 2.05) is 38.1 Å². The van der Waals surface area contributed by atoms with Crippen LogP contribution >= 0.6 is 15.9 Å². The molecule has 0 aliphatic rings. The van der Waals surface area contributed by atoms with Crippen LogP contribution < -0.4 is 10.3 Å². The molecule has 0 spiro atoms. The van der Waals surface area contributed by atoms with Crippen molar-refractivity contribution in [2.75, 3.05) is 0 Å². The highest BCUT2D eigenvalue weighted by Gasteiger charge is 2.15.